The van der Waals surface area contributed by atoms with Crippen LogP contribution >= 0.6 is 11.3 Å². The summed E-state index contributed by atoms with van der Waals surface area (Å²) in [5, 5.41) is 13.3. The van der Waals surface area contributed by atoms with Gasteiger partial charge >= 0.3 is 0 Å². The smallest absolute Gasteiger partial charge is 0.270 e. The molecule has 8 heteroatoms. The molecule has 0 spiro atoms. The Balaban J connectivity index is 1.63. The standard InChI is InChI=1S/C26H27N3O4S/c1-3-18(2)28(26(31)20-10-7-11-21(16-20)29(32)33)17-24(30)27-14-12-23-22(13-15-34-23)25(27)19-8-5-4-6-9-19/h4-11,13,15-16,18,25H,3,12,14,17H2,1-2H3/t18-,25+/m1/s1. The third kappa shape index (κ3) is 4.72. The van der Waals surface area contributed by atoms with Crippen molar-refractivity contribution in [2.24, 2.45) is 0 Å². The topological polar surface area (TPSA) is 83.8 Å². The molecule has 3 aromatic rings. The van der Waals surface area contributed by atoms with Gasteiger partial charge in [-0.05, 0) is 48.4 Å². The molecule has 0 radical (unpaired) electrons. The van der Waals surface area contributed by atoms with Crippen LogP contribution in [0, 0.1) is 10.1 Å². The van der Waals surface area contributed by atoms with Crippen LogP contribution in [0.2, 0.25) is 0 Å². The number of benzene rings is 2. The van der Waals surface area contributed by atoms with Crippen molar-refractivity contribution < 1.29 is 14.5 Å². The molecule has 1 aromatic heterocycles. The van der Waals surface area contributed by atoms with E-state index in [0.29, 0.717) is 13.0 Å². The van der Waals surface area contributed by atoms with Gasteiger partial charge in [-0.15, -0.1) is 11.3 Å². The lowest BCUT2D eigenvalue weighted by Gasteiger charge is -2.38. The highest BCUT2D eigenvalue weighted by atomic mass is 32.1. The Kier molecular flexibility index (Phi) is 7.07. The van der Waals surface area contributed by atoms with Gasteiger partial charge in [0, 0.05) is 35.2 Å². The monoisotopic (exact) mass is 477 g/mol. The Labute approximate surface area is 202 Å². The molecule has 2 atom stereocenters. The fourth-order valence-electron chi connectivity index (χ4n) is 4.38. The summed E-state index contributed by atoms with van der Waals surface area (Å²) in [6, 6.07) is 17.3. The minimum Gasteiger partial charge on any atom is -0.330 e. The van der Waals surface area contributed by atoms with Gasteiger partial charge in [0.2, 0.25) is 5.91 Å². The number of carbonyl (C=O) groups is 2. The molecule has 0 N–H and O–H groups in total. The second-order valence-corrected chi connectivity index (χ2v) is 9.45. The van der Waals surface area contributed by atoms with Gasteiger partial charge < -0.3 is 9.80 Å². The van der Waals surface area contributed by atoms with E-state index in [0.717, 1.165) is 17.5 Å². The number of hydrogen-bond donors (Lipinski definition) is 0. The SMILES string of the molecule is CC[C@@H](C)N(CC(=O)N1CCc2sccc2[C@@H]1c1ccccc1)C(=O)c1cccc([N+](=O)[O-])c1. The van der Waals surface area contributed by atoms with Gasteiger partial charge in [0.05, 0.1) is 11.0 Å². The summed E-state index contributed by atoms with van der Waals surface area (Å²) in [6.07, 6.45) is 1.44. The van der Waals surface area contributed by atoms with Gasteiger partial charge in [-0.2, -0.15) is 0 Å². The number of fused-ring (bicyclic) bond motifs is 1. The number of nitro benzene ring substituents is 1. The first-order valence-electron chi connectivity index (χ1n) is 11.4. The van der Waals surface area contributed by atoms with E-state index in [-0.39, 0.29) is 41.7 Å². The van der Waals surface area contributed by atoms with E-state index in [1.54, 1.807) is 17.4 Å². The van der Waals surface area contributed by atoms with Gasteiger partial charge in [0.1, 0.15) is 6.54 Å². The van der Waals surface area contributed by atoms with E-state index < -0.39 is 4.92 Å². The molecule has 0 bridgehead atoms. The van der Waals surface area contributed by atoms with E-state index in [9.17, 15) is 19.7 Å². The minimum absolute atomic E-state index is 0.0840. The normalized spacial score (nSPS) is 15.9. The minimum atomic E-state index is -0.522. The lowest BCUT2D eigenvalue weighted by atomic mass is 9.93. The average Bonchev–Trinajstić information content (AvgIpc) is 3.35. The number of hydrogen-bond acceptors (Lipinski definition) is 5. The fraction of sp³-hybridized carbons (Fsp3) is 0.308. The number of rotatable bonds is 7. The van der Waals surface area contributed by atoms with E-state index in [1.807, 2.05) is 49.1 Å². The van der Waals surface area contributed by atoms with E-state index in [1.165, 1.54) is 28.0 Å². The Hall–Kier alpha value is -3.52. The van der Waals surface area contributed by atoms with Crippen LogP contribution in [0.1, 0.15) is 52.7 Å². The summed E-state index contributed by atoms with van der Waals surface area (Å²) in [5.74, 6) is -0.513. The van der Waals surface area contributed by atoms with Crippen LogP contribution < -0.4 is 0 Å². The number of non-ortho nitro benzene ring substituents is 1. The van der Waals surface area contributed by atoms with Crippen molar-refractivity contribution in [2.45, 2.75) is 38.8 Å². The summed E-state index contributed by atoms with van der Waals surface area (Å²) >= 11 is 1.71. The van der Waals surface area contributed by atoms with Gasteiger partial charge in [-0.1, -0.05) is 43.3 Å². The lowest BCUT2D eigenvalue weighted by molar-refractivity contribution is -0.384. The van der Waals surface area contributed by atoms with Crippen LogP contribution in [0.3, 0.4) is 0 Å². The maximum absolute atomic E-state index is 13.7. The molecule has 0 fully saturated rings. The Bertz CT molecular complexity index is 1190. The molecular formula is C26H27N3O4S. The van der Waals surface area contributed by atoms with E-state index in [4.69, 9.17) is 0 Å². The molecule has 0 saturated heterocycles. The predicted molar refractivity (Wildman–Crippen MR) is 132 cm³/mol. The second kappa shape index (κ2) is 10.2. The number of amides is 2. The molecule has 0 saturated carbocycles. The largest absolute Gasteiger partial charge is 0.330 e. The van der Waals surface area contributed by atoms with Crippen molar-refractivity contribution >= 4 is 28.8 Å². The highest BCUT2D eigenvalue weighted by Gasteiger charge is 2.34. The molecule has 34 heavy (non-hydrogen) atoms. The molecule has 176 valence electrons. The average molecular weight is 478 g/mol. The Morgan fingerprint density at radius 3 is 2.65 bits per heavy atom. The summed E-state index contributed by atoms with van der Waals surface area (Å²) in [5.41, 5.74) is 2.23. The molecule has 1 aliphatic heterocycles. The van der Waals surface area contributed by atoms with Gasteiger partial charge in [-0.3, -0.25) is 19.7 Å². The van der Waals surface area contributed by atoms with Crippen LogP contribution in [-0.4, -0.2) is 45.7 Å². The predicted octanol–water partition coefficient (Wildman–Crippen LogP) is 5.07. The van der Waals surface area contributed by atoms with Crippen LogP contribution in [0.25, 0.3) is 0 Å². The highest BCUT2D eigenvalue weighted by Crippen LogP contribution is 2.37. The van der Waals surface area contributed by atoms with Crippen molar-refractivity contribution in [1.29, 1.82) is 0 Å². The highest BCUT2D eigenvalue weighted by molar-refractivity contribution is 7.10. The molecule has 0 unspecified atom stereocenters. The zero-order valence-electron chi connectivity index (χ0n) is 19.2. The van der Waals surface area contributed by atoms with Crippen molar-refractivity contribution in [1.82, 2.24) is 9.80 Å². The van der Waals surface area contributed by atoms with Gasteiger partial charge in [0.25, 0.3) is 11.6 Å². The lowest BCUT2D eigenvalue weighted by Crippen LogP contribution is -2.49. The molecule has 2 aromatic carbocycles. The summed E-state index contributed by atoms with van der Waals surface area (Å²) in [7, 11) is 0. The Morgan fingerprint density at radius 1 is 1.18 bits per heavy atom. The third-order valence-corrected chi connectivity index (χ3v) is 7.39. The Morgan fingerprint density at radius 2 is 1.94 bits per heavy atom. The number of thiophene rings is 1. The molecule has 1 aliphatic rings. The van der Waals surface area contributed by atoms with Crippen LogP contribution in [0.15, 0.2) is 66.0 Å². The zero-order chi connectivity index (χ0) is 24.2. The molecule has 0 aliphatic carbocycles. The summed E-state index contributed by atoms with van der Waals surface area (Å²) in [4.78, 5) is 42.4. The number of nitro groups is 1. The van der Waals surface area contributed by atoms with Gasteiger partial charge in [-0.25, -0.2) is 0 Å². The maximum Gasteiger partial charge on any atom is 0.270 e. The zero-order valence-corrected chi connectivity index (χ0v) is 20.0. The number of carbonyl (C=O) groups excluding carboxylic acids is 2. The van der Waals surface area contributed by atoms with E-state index in [2.05, 4.69) is 11.4 Å². The number of nitrogens with zero attached hydrogens (tertiary/aromatic N) is 3. The fourth-order valence-corrected chi connectivity index (χ4v) is 5.29. The molecular weight excluding hydrogens is 450 g/mol. The van der Waals surface area contributed by atoms with Gasteiger partial charge in [0.15, 0.2) is 0 Å². The van der Waals surface area contributed by atoms with Crippen LogP contribution in [0.4, 0.5) is 5.69 Å². The molecule has 2 heterocycles. The summed E-state index contributed by atoms with van der Waals surface area (Å²) in [6.45, 7) is 4.34. The first-order chi connectivity index (χ1) is 16.4. The molecule has 7 nitrogen and oxygen atoms in total. The quantitative estimate of drug-likeness (QED) is 0.351. The van der Waals surface area contributed by atoms with Crippen molar-refractivity contribution in [3.05, 3.63) is 97.7 Å². The molecule has 2 amide bonds. The maximum atomic E-state index is 13.7. The van der Waals surface area contributed by atoms with Crippen molar-refractivity contribution in [2.75, 3.05) is 13.1 Å². The second-order valence-electron chi connectivity index (χ2n) is 8.45. The van der Waals surface area contributed by atoms with Crippen molar-refractivity contribution in [3.8, 4) is 0 Å². The third-order valence-electron chi connectivity index (χ3n) is 6.39. The van der Waals surface area contributed by atoms with E-state index >= 15 is 0 Å². The van der Waals surface area contributed by atoms with Crippen LogP contribution in [0.5, 0.6) is 0 Å². The first kappa shape index (κ1) is 23.6. The first-order valence-corrected chi connectivity index (χ1v) is 12.2. The van der Waals surface area contributed by atoms with Crippen LogP contribution in [-0.2, 0) is 11.2 Å². The van der Waals surface area contributed by atoms with Crippen molar-refractivity contribution in [3.63, 3.8) is 0 Å². The molecule has 4 rings (SSSR count). The summed E-state index contributed by atoms with van der Waals surface area (Å²) < 4.78 is 0.